The van der Waals surface area contributed by atoms with Crippen LogP contribution in [0, 0.1) is 10.1 Å². The number of nitrogens with zero attached hydrogens (tertiary/aromatic N) is 2. The Labute approximate surface area is 312 Å². The van der Waals surface area contributed by atoms with Crippen molar-refractivity contribution >= 4 is 59.8 Å². The molecule has 0 aliphatic heterocycles. The second kappa shape index (κ2) is 21.5. The summed E-state index contributed by atoms with van der Waals surface area (Å²) in [6.07, 6.45) is -2.83. The normalized spacial score (nSPS) is 12.5. The molecule has 3 rings (SSSR count). The number of hydrogen-bond donors (Lipinski definition) is 4. The van der Waals surface area contributed by atoms with Crippen LogP contribution in [0.15, 0.2) is 54.6 Å². The molecule has 0 fully saturated rings. The lowest BCUT2D eigenvalue weighted by atomic mass is 10.0. The van der Waals surface area contributed by atoms with Crippen LogP contribution >= 0.6 is 30.6 Å². The van der Waals surface area contributed by atoms with E-state index in [0.717, 1.165) is 60.0 Å². The van der Waals surface area contributed by atoms with E-state index >= 15 is 0 Å². The highest BCUT2D eigenvalue weighted by Gasteiger charge is 2.31. The van der Waals surface area contributed by atoms with Crippen LogP contribution in [0.1, 0.15) is 47.3 Å². The minimum Gasteiger partial charge on any atom is -0.480 e. The summed E-state index contributed by atoms with van der Waals surface area (Å²) in [5.74, 6) is -3.14. The van der Waals surface area contributed by atoms with Gasteiger partial charge in [0.15, 0.2) is 7.37 Å². The van der Waals surface area contributed by atoms with Gasteiger partial charge in [-0.25, -0.2) is 4.79 Å². The first-order chi connectivity index (χ1) is 24.6. The van der Waals surface area contributed by atoms with E-state index in [1.54, 1.807) is 12.0 Å². The van der Waals surface area contributed by atoms with Crippen LogP contribution in [-0.2, 0) is 37.9 Å². The van der Waals surface area contributed by atoms with Crippen LogP contribution in [0.3, 0.4) is 0 Å². The number of rotatable bonds is 14. The first kappa shape index (κ1) is 46.8. The Morgan fingerprint density at radius 2 is 1.64 bits per heavy atom. The van der Waals surface area contributed by atoms with Gasteiger partial charge >= 0.3 is 18.1 Å². The van der Waals surface area contributed by atoms with Gasteiger partial charge in [0.2, 0.25) is 5.91 Å². The lowest BCUT2D eigenvalue weighted by Gasteiger charge is -2.26. The van der Waals surface area contributed by atoms with Crippen LogP contribution in [0.2, 0.25) is 5.02 Å². The first-order valence-corrected chi connectivity index (χ1v) is 18.6. The number of amides is 1. The van der Waals surface area contributed by atoms with Crippen molar-refractivity contribution in [2.75, 3.05) is 37.4 Å². The zero-order valence-corrected chi connectivity index (χ0v) is 31.3. The Hall–Kier alpha value is -4.25. The van der Waals surface area contributed by atoms with E-state index in [0.29, 0.717) is 6.07 Å². The highest BCUT2D eigenvalue weighted by molar-refractivity contribution is 7.57. The van der Waals surface area contributed by atoms with Gasteiger partial charge in [-0.3, -0.25) is 29.2 Å². The number of carboxylic acids is 2. The molecule has 0 bridgehead atoms. The molecule has 0 aliphatic rings. The Kier molecular flexibility index (Phi) is 18.9. The molecule has 0 radical (unpaired) electrons. The molecule has 0 saturated heterocycles. The first-order valence-electron chi connectivity index (χ1n) is 15.4. The molecule has 1 amide bonds. The Morgan fingerprint density at radius 1 is 1.06 bits per heavy atom. The van der Waals surface area contributed by atoms with Crippen LogP contribution in [0.25, 0.3) is 0 Å². The minimum atomic E-state index is -4.58. The highest BCUT2D eigenvalue weighted by Crippen LogP contribution is 2.38. The van der Waals surface area contributed by atoms with Crippen molar-refractivity contribution in [1.82, 2.24) is 0 Å². The third-order valence-corrected chi connectivity index (χ3v) is 8.57. The van der Waals surface area contributed by atoms with Crippen LogP contribution in [-0.4, -0.2) is 76.5 Å². The number of aryl methyl sites for hydroxylation is 2. The summed E-state index contributed by atoms with van der Waals surface area (Å²) >= 11 is 11.4. The molecule has 5 N–H and O–H groups in total. The van der Waals surface area contributed by atoms with E-state index in [1.165, 1.54) is 6.66 Å². The summed E-state index contributed by atoms with van der Waals surface area (Å²) in [4.78, 5) is 53.4. The van der Waals surface area contributed by atoms with Crippen LogP contribution in [0.4, 0.5) is 24.5 Å². The third kappa shape index (κ3) is 15.3. The number of aromatic carboxylic acids is 1. The number of carboxylic acid groups (broad SMARTS) is 2. The van der Waals surface area contributed by atoms with Crippen molar-refractivity contribution in [3.8, 4) is 11.5 Å². The van der Waals surface area contributed by atoms with Gasteiger partial charge in [-0.05, 0) is 54.7 Å². The summed E-state index contributed by atoms with van der Waals surface area (Å²) in [5, 5.41) is 27.7. The standard InChI is InChI=1S/C14H7ClF3NO5.C14H20ClNO2.C5H12NO4P/c15-10-5-7(14(16,17)18)1-4-12(10)24-8-2-3-11(19(22)23)9(6-8)13(20)21;1-4-11-7-6-8-12(5-2)14(11)16(10-18-3)13(17)9-15;1-11(9,10)3-2-4(6)5(7)8/h1-6H,(H,20,21);6-8H,4-5,9-10H2,1-3H3;4H,2-3,6H2,1H3,(H,7,8)(H,9,10). The molecule has 2 atom stereocenters. The van der Waals surface area contributed by atoms with Gasteiger partial charge in [0.05, 0.1) is 21.2 Å². The van der Waals surface area contributed by atoms with Crippen LogP contribution in [0.5, 0.6) is 11.5 Å². The van der Waals surface area contributed by atoms with Crippen molar-refractivity contribution in [2.24, 2.45) is 5.73 Å². The molecule has 14 nitrogen and oxygen atoms in total. The maximum Gasteiger partial charge on any atom is 0.416 e. The zero-order valence-electron chi connectivity index (χ0n) is 28.9. The predicted molar refractivity (Wildman–Crippen MR) is 193 cm³/mol. The average Bonchev–Trinajstić information content (AvgIpc) is 3.09. The average molecular weight is 813 g/mol. The number of carbonyl (C=O) groups excluding carboxylic acids is 1. The molecule has 0 saturated carbocycles. The van der Waals surface area contributed by atoms with Crippen molar-refractivity contribution in [1.29, 1.82) is 0 Å². The third-order valence-electron chi connectivity index (χ3n) is 6.96. The Morgan fingerprint density at radius 3 is 2.06 bits per heavy atom. The van der Waals surface area contributed by atoms with Crippen molar-refractivity contribution in [3.05, 3.63) is 92.0 Å². The number of nitro benzene ring substituents is 1. The number of carbonyl (C=O) groups is 3. The summed E-state index contributed by atoms with van der Waals surface area (Å²) in [7, 11) is -1.52. The number of anilines is 1. The molecule has 3 aromatic carbocycles. The number of hydrogen-bond acceptors (Lipinski definition) is 9. The van der Waals surface area contributed by atoms with Gasteiger partial charge in [-0.2, -0.15) is 13.2 Å². The molecule has 3 aromatic rings. The maximum atomic E-state index is 12.6. The van der Waals surface area contributed by atoms with E-state index in [4.69, 9.17) is 53.5 Å². The molecule has 53 heavy (non-hydrogen) atoms. The lowest BCUT2D eigenvalue weighted by Crippen LogP contribution is -2.35. The largest absolute Gasteiger partial charge is 0.480 e. The van der Waals surface area contributed by atoms with Crippen LogP contribution < -0.4 is 15.4 Å². The fraction of sp³-hybridized carbons (Fsp3) is 0.364. The van der Waals surface area contributed by atoms with Crippen molar-refractivity contribution in [2.45, 2.75) is 45.3 Å². The molecular weight excluding hydrogens is 773 g/mol. The highest BCUT2D eigenvalue weighted by atomic mass is 35.5. The van der Waals surface area contributed by atoms with Gasteiger partial charge in [0.1, 0.15) is 35.7 Å². The molecule has 0 heterocycles. The van der Waals surface area contributed by atoms with E-state index in [9.17, 15) is 42.2 Å². The smallest absolute Gasteiger partial charge is 0.416 e. The Balaban J connectivity index is 0.000000428. The number of nitro groups is 1. The second-order valence-corrected chi connectivity index (χ2v) is 14.2. The number of benzene rings is 3. The van der Waals surface area contributed by atoms with E-state index in [2.05, 4.69) is 13.8 Å². The molecule has 292 valence electrons. The van der Waals surface area contributed by atoms with E-state index < -0.39 is 53.3 Å². The molecule has 2 unspecified atom stereocenters. The fourth-order valence-electron chi connectivity index (χ4n) is 4.32. The second-order valence-electron chi connectivity index (χ2n) is 11.0. The monoisotopic (exact) mass is 811 g/mol. The topological polar surface area (TPSA) is 220 Å². The summed E-state index contributed by atoms with van der Waals surface area (Å²) in [6.45, 7) is 5.57. The maximum absolute atomic E-state index is 12.6. The summed E-state index contributed by atoms with van der Waals surface area (Å²) in [5.41, 5.74) is 6.09. The number of halogens is 5. The Bertz CT molecular complexity index is 1770. The van der Waals surface area contributed by atoms with Gasteiger partial charge in [-0.1, -0.05) is 43.6 Å². The van der Waals surface area contributed by atoms with Crippen molar-refractivity contribution in [3.63, 3.8) is 0 Å². The molecular formula is C33H39Cl2F3N3O11P. The number of para-hydroxylation sites is 1. The number of methoxy groups -OCH3 is 1. The predicted octanol–water partition coefficient (Wildman–Crippen LogP) is 7.43. The molecule has 20 heteroatoms. The van der Waals surface area contributed by atoms with Gasteiger partial charge in [0.25, 0.3) is 5.69 Å². The molecule has 0 spiro atoms. The van der Waals surface area contributed by atoms with Gasteiger partial charge in [-0.15, -0.1) is 11.6 Å². The van der Waals surface area contributed by atoms with Gasteiger partial charge in [0, 0.05) is 32.1 Å². The quantitative estimate of drug-likeness (QED) is 0.0411. The lowest BCUT2D eigenvalue weighted by molar-refractivity contribution is -0.385. The fourth-order valence-corrected chi connectivity index (χ4v) is 5.44. The molecule has 0 aliphatic carbocycles. The van der Waals surface area contributed by atoms with Crippen molar-refractivity contribution < 1.29 is 61.6 Å². The zero-order chi connectivity index (χ0) is 40.7. The number of nitrogens with two attached hydrogens (primary N) is 1. The molecule has 0 aromatic heterocycles. The summed E-state index contributed by atoms with van der Waals surface area (Å²) < 4.78 is 58.7. The number of aliphatic carboxylic acids is 1. The van der Waals surface area contributed by atoms with Gasteiger partial charge < -0.3 is 30.3 Å². The van der Waals surface area contributed by atoms with E-state index in [-0.39, 0.29) is 47.6 Å². The number of ether oxygens (including phenoxy) is 2. The minimum absolute atomic E-state index is 0.0371. The summed E-state index contributed by atoms with van der Waals surface area (Å²) in [6, 6.07) is 10.3. The SMILES string of the molecule is CCc1cccc(CC)c1N(COC)C(=O)CCl.CP(=O)(O)CCC(N)C(=O)O.O=C(O)c1cc(Oc2ccc(C(F)(F)F)cc2Cl)ccc1[N+](=O)[O-]. The number of alkyl halides is 4. The van der Waals surface area contributed by atoms with E-state index in [1.807, 2.05) is 18.2 Å².